The Bertz CT molecular complexity index is 1580. The summed E-state index contributed by atoms with van der Waals surface area (Å²) >= 11 is 0. The summed E-state index contributed by atoms with van der Waals surface area (Å²) in [4.78, 5) is 12.4. The second kappa shape index (κ2) is 9.10. The SMILES string of the molecule is Cc1ccc(C)c(-c2cc3c4nnc(CCC(=O)NCc5ccccc5C(F)(F)F)n4ccn3n2)c1. The Balaban J connectivity index is 1.31. The molecule has 1 N–H and O–H groups in total. The van der Waals surface area contributed by atoms with Gasteiger partial charge in [0.05, 0.1) is 11.3 Å². The molecule has 10 heteroatoms. The van der Waals surface area contributed by atoms with Crippen LogP contribution in [0.5, 0.6) is 0 Å². The van der Waals surface area contributed by atoms with Gasteiger partial charge >= 0.3 is 6.18 Å². The number of carbonyl (C=O) groups is 1. The summed E-state index contributed by atoms with van der Waals surface area (Å²) < 4.78 is 43.0. The molecule has 0 saturated heterocycles. The van der Waals surface area contributed by atoms with Gasteiger partial charge in [0.2, 0.25) is 5.91 Å². The number of hydrogen-bond donors (Lipinski definition) is 1. The van der Waals surface area contributed by atoms with Crippen LogP contribution in [0.1, 0.15) is 34.5 Å². The van der Waals surface area contributed by atoms with Crippen molar-refractivity contribution < 1.29 is 18.0 Å². The van der Waals surface area contributed by atoms with Gasteiger partial charge in [-0.3, -0.25) is 9.20 Å². The zero-order chi connectivity index (χ0) is 25.4. The molecule has 2 aromatic carbocycles. The van der Waals surface area contributed by atoms with Crippen LogP contribution in [0.4, 0.5) is 13.2 Å². The normalized spacial score (nSPS) is 11.9. The number of alkyl halides is 3. The van der Waals surface area contributed by atoms with Gasteiger partial charge in [0.25, 0.3) is 0 Å². The van der Waals surface area contributed by atoms with Gasteiger partial charge in [-0.1, -0.05) is 35.9 Å². The first-order valence-electron chi connectivity index (χ1n) is 11.4. The van der Waals surface area contributed by atoms with E-state index in [1.54, 1.807) is 21.3 Å². The van der Waals surface area contributed by atoms with E-state index in [1.807, 2.05) is 19.9 Å². The van der Waals surface area contributed by atoms with Crippen molar-refractivity contribution in [1.82, 2.24) is 29.5 Å². The fourth-order valence-electron chi connectivity index (χ4n) is 4.23. The lowest BCUT2D eigenvalue weighted by atomic mass is 10.0. The van der Waals surface area contributed by atoms with Crippen LogP contribution in [0.2, 0.25) is 0 Å². The second-order valence-electron chi connectivity index (χ2n) is 8.72. The number of nitrogens with zero attached hydrogens (tertiary/aromatic N) is 5. The molecule has 0 fully saturated rings. The molecular formula is C26H23F3N6O. The third-order valence-electron chi connectivity index (χ3n) is 6.13. The monoisotopic (exact) mass is 492 g/mol. The maximum atomic E-state index is 13.2. The van der Waals surface area contributed by atoms with Crippen molar-refractivity contribution >= 4 is 17.1 Å². The molecule has 0 saturated carbocycles. The van der Waals surface area contributed by atoms with Gasteiger partial charge in [-0.15, -0.1) is 10.2 Å². The Labute approximate surface area is 204 Å². The van der Waals surface area contributed by atoms with E-state index < -0.39 is 11.7 Å². The Kier molecular flexibility index (Phi) is 5.95. The molecule has 3 heterocycles. The first kappa shape index (κ1) is 23.5. The first-order chi connectivity index (χ1) is 17.2. The van der Waals surface area contributed by atoms with Crippen molar-refractivity contribution in [3.05, 3.63) is 89.0 Å². The van der Waals surface area contributed by atoms with Gasteiger partial charge in [0.15, 0.2) is 5.65 Å². The number of benzene rings is 2. The Morgan fingerprint density at radius 1 is 1.03 bits per heavy atom. The summed E-state index contributed by atoms with van der Waals surface area (Å²) in [5.41, 5.74) is 4.78. The minimum absolute atomic E-state index is 0.0223. The van der Waals surface area contributed by atoms with E-state index in [2.05, 4.69) is 38.8 Å². The highest BCUT2D eigenvalue weighted by atomic mass is 19.4. The fourth-order valence-corrected chi connectivity index (χ4v) is 4.23. The molecule has 36 heavy (non-hydrogen) atoms. The van der Waals surface area contributed by atoms with Gasteiger partial charge in [-0.25, -0.2) is 4.52 Å². The molecule has 0 aliphatic rings. The van der Waals surface area contributed by atoms with Crippen LogP contribution in [-0.4, -0.2) is 30.1 Å². The quantitative estimate of drug-likeness (QED) is 0.365. The van der Waals surface area contributed by atoms with Crippen molar-refractivity contribution in [2.24, 2.45) is 0 Å². The number of nitrogens with one attached hydrogen (secondary N) is 1. The molecule has 5 rings (SSSR count). The lowest BCUT2D eigenvalue weighted by molar-refractivity contribution is -0.138. The average molecular weight is 493 g/mol. The van der Waals surface area contributed by atoms with Gasteiger partial charge in [0, 0.05) is 37.3 Å². The predicted molar refractivity (Wildman–Crippen MR) is 128 cm³/mol. The summed E-state index contributed by atoms with van der Waals surface area (Å²) in [6.45, 7) is 3.87. The van der Waals surface area contributed by atoms with E-state index in [9.17, 15) is 18.0 Å². The number of aryl methyl sites for hydroxylation is 3. The lowest BCUT2D eigenvalue weighted by Gasteiger charge is -2.13. The number of halogens is 3. The van der Waals surface area contributed by atoms with E-state index in [4.69, 9.17) is 0 Å². The van der Waals surface area contributed by atoms with Crippen molar-refractivity contribution in [3.8, 4) is 11.3 Å². The van der Waals surface area contributed by atoms with E-state index in [0.29, 0.717) is 11.5 Å². The molecular weight excluding hydrogens is 469 g/mol. The third-order valence-corrected chi connectivity index (χ3v) is 6.13. The fraction of sp³-hybridized carbons (Fsp3) is 0.231. The molecule has 0 radical (unpaired) electrons. The van der Waals surface area contributed by atoms with Crippen LogP contribution in [0, 0.1) is 13.8 Å². The van der Waals surface area contributed by atoms with Crippen molar-refractivity contribution in [3.63, 3.8) is 0 Å². The molecule has 0 aliphatic carbocycles. The summed E-state index contributed by atoms with van der Waals surface area (Å²) in [6, 6.07) is 13.4. The summed E-state index contributed by atoms with van der Waals surface area (Å²) in [7, 11) is 0. The Hall–Kier alpha value is -4.21. The van der Waals surface area contributed by atoms with E-state index in [1.165, 1.54) is 18.2 Å². The minimum atomic E-state index is -4.47. The Morgan fingerprint density at radius 3 is 2.64 bits per heavy atom. The highest BCUT2D eigenvalue weighted by Crippen LogP contribution is 2.31. The number of amides is 1. The zero-order valence-corrected chi connectivity index (χ0v) is 19.7. The number of rotatable bonds is 6. The molecule has 0 bridgehead atoms. The van der Waals surface area contributed by atoms with Crippen LogP contribution >= 0.6 is 0 Å². The lowest BCUT2D eigenvalue weighted by Crippen LogP contribution is -2.25. The number of fused-ring (bicyclic) bond motifs is 3. The maximum Gasteiger partial charge on any atom is 0.416 e. The zero-order valence-electron chi connectivity index (χ0n) is 19.7. The molecule has 7 nitrogen and oxygen atoms in total. The first-order valence-corrected chi connectivity index (χ1v) is 11.4. The topological polar surface area (TPSA) is 76.6 Å². The van der Waals surface area contributed by atoms with Crippen LogP contribution in [0.15, 0.2) is 60.9 Å². The smallest absolute Gasteiger partial charge is 0.352 e. The van der Waals surface area contributed by atoms with Crippen molar-refractivity contribution in [2.45, 2.75) is 39.4 Å². The average Bonchev–Trinajstić information content (AvgIpc) is 3.46. The standard InChI is InChI=1S/C26H23F3N6O/c1-16-7-8-17(2)19(13-16)21-14-22-25-32-31-23(34(25)11-12-35(22)33-21)9-10-24(36)30-15-18-5-3-4-6-20(18)26(27,28)29/h3-8,11-14H,9-10,15H2,1-2H3,(H,30,36). The van der Waals surface area contributed by atoms with Gasteiger partial charge in [0.1, 0.15) is 11.3 Å². The van der Waals surface area contributed by atoms with Crippen LogP contribution < -0.4 is 5.32 Å². The second-order valence-corrected chi connectivity index (χ2v) is 8.72. The Morgan fingerprint density at radius 2 is 1.83 bits per heavy atom. The van der Waals surface area contributed by atoms with Gasteiger partial charge in [-0.05, 0) is 43.2 Å². The van der Waals surface area contributed by atoms with Crippen LogP contribution in [0.25, 0.3) is 22.4 Å². The van der Waals surface area contributed by atoms with E-state index in [0.717, 1.165) is 34.0 Å². The molecule has 3 aromatic heterocycles. The molecule has 184 valence electrons. The third kappa shape index (κ3) is 4.53. The van der Waals surface area contributed by atoms with Crippen molar-refractivity contribution in [1.29, 1.82) is 0 Å². The number of hydrogen-bond acceptors (Lipinski definition) is 4. The van der Waals surface area contributed by atoms with Crippen LogP contribution in [0.3, 0.4) is 0 Å². The van der Waals surface area contributed by atoms with Crippen LogP contribution in [-0.2, 0) is 23.9 Å². The molecule has 5 aromatic rings. The van der Waals surface area contributed by atoms with E-state index >= 15 is 0 Å². The van der Waals surface area contributed by atoms with Crippen molar-refractivity contribution in [2.75, 3.05) is 0 Å². The molecule has 0 atom stereocenters. The van der Waals surface area contributed by atoms with Gasteiger partial charge in [-0.2, -0.15) is 18.3 Å². The summed E-state index contributed by atoms with van der Waals surface area (Å²) in [5.74, 6) is 0.208. The maximum absolute atomic E-state index is 13.2. The largest absolute Gasteiger partial charge is 0.416 e. The molecule has 1 amide bonds. The predicted octanol–water partition coefficient (Wildman–Crippen LogP) is 4.93. The highest BCUT2D eigenvalue weighted by Gasteiger charge is 2.32. The highest BCUT2D eigenvalue weighted by molar-refractivity contribution is 5.78. The summed E-state index contributed by atoms with van der Waals surface area (Å²) in [5, 5.41) is 15.8. The minimum Gasteiger partial charge on any atom is -0.352 e. The molecule has 0 aliphatic heterocycles. The van der Waals surface area contributed by atoms with Gasteiger partial charge < -0.3 is 5.32 Å². The summed E-state index contributed by atoms with van der Waals surface area (Å²) in [6.07, 6.45) is -0.541. The number of carbonyl (C=O) groups excluding carboxylic acids is 1. The van der Waals surface area contributed by atoms with E-state index in [-0.39, 0.29) is 30.9 Å². The molecule has 0 spiro atoms. The number of aromatic nitrogens is 5. The molecule has 0 unspecified atom stereocenters.